The Hall–Kier alpha value is -1.35. The Morgan fingerprint density at radius 1 is 1.24 bits per heavy atom. The van der Waals surface area contributed by atoms with Crippen LogP contribution in [0.4, 0.5) is 0 Å². The van der Waals surface area contributed by atoms with E-state index < -0.39 is 6.04 Å². The molecule has 21 heavy (non-hydrogen) atoms. The molecule has 0 aromatic heterocycles. The van der Waals surface area contributed by atoms with Crippen LogP contribution in [0, 0.1) is 12.8 Å². The van der Waals surface area contributed by atoms with Crippen molar-refractivity contribution in [3.8, 4) is 0 Å². The van der Waals surface area contributed by atoms with Gasteiger partial charge in [-0.25, -0.2) is 0 Å². The van der Waals surface area contributed by atoms with E-state index >= 15 is 0 Å². The Morgan fingerprint density at radius 2 is 1.86 bits per heavy atom. The molecule has 0 radical (unpaired) electrons. The fraction of sp³-hybridized carbons (Fsp3) is 0.611. The molecule has 0 saturated heterocycles. The van der Waals surface area contributed by atoms with Gasteiger partial charge in [0, 0.05) is 6.04 Å². The highest BCUT2D eigenvalue weighted by Gasteiger charge is 2.24. The third-order valence-corrected chi connectivity index (χ3v) is 4.61. The fourth-order valence-corrected chi connectivity index (χ4v) is 3.22. The molecule has 1 fully saturated rings. The molecule has 2 rings (SSSR count). The van der Waals surface area contributed by atoms with Crippen LogP contribution in [0.3, 0.4) is 0 Å². The molecule has 1 aromatic carbocycles. The summed E-state index contributed by atoms with van der Waals surface area (Å²) >= 11 is 0. The summed E-state index contributed by atoms with van der Waals surface area (Å²) in [7, 11) is 0. The first-order chi connectivity index (χ1) is 10.1. The second-order valence-corrected chi connectivity index (χ2v) is 6.40. The van der Waals surface area contributed by atoms with Crippen LogP contribution < -0.4 is 11.1 Å². The predicted molar refractivity (Wildman–Crippen MR) is 86.9 cm³/mol. The summed E-state index contributed by atoms with van der Waals surface area (Å²) < 4.78 is 0. The fourth-order valence-electron chi connectivity index (χ4n) is 3.22. The average molecular weight is 288 g/mol. The summed E-state index contributed by atoms with van der Waals surface area (Å²) in [4.78, 5) is 12.3. The zero-order valence-electron chi connectivity index (χ0n) is 13.3. The van der Waals surface area contributed by atoms with Gasteiger partial charge in [-0.3, -0.25) is 4.79 Å². The molecule has 1 atom stereocenters. The number of aryl methyl sites for hydroxylation is 1. The lowest BCUT2D eigenvalue weighted by Gasteiger charge is -2.29. The lowest BCUT2D eigenvalue weighted by atomic mass is 9.83. The summed E-state index contributed by atoms with van der Waals surface area (Å²) in [6.07, 6.45) is 7.24. The van der Waals surface area contributed by atoms with Crippen LogP contribution >= 0.6 is 0 Å². The van der Waals surface area contributed by atoms with E-state index in [-0.39, 0.29) is 5.91 Å². The predicted octanol–water partition coefficient (Wildman–Crippen LogP) is 3.47. The van der Waals surface area contributed by atoms with Crippen LogP contribution in [-0.4, -0.2) is 11.9 Å². The normalized spacial score (nSPS) is 23.6. The number of benzene rings is 1. The van der Waals surface area contributed by atoms with Crippen LogP contribution in [0.15, 0.2) is 24.3 Å². The molecule has 0 heterocycles. The van der Waals surface area contributed by atoms with Crippen LogP contribution in [-0.2, 0) is 4.79 Å². The SMILES string of the molecule is CCCC1CCC(NC(=O)C(N)c2ccc(C)cc2)CC1. The molecule has 1 aliphatic carbocycles. The first-order valence-corrected chi connectivity index (χ1v) is 8.22. The van der Waals surface area contributed by atoms with Crippen LogP contribution in [0.1, 0.15) is 62.6 Å². The Bertz CT molecular complexity index is 447. The molecule has 1 saturated carbocycles. The minimum atomic E-state index is -0.557. The van der Waals surface area contributed by atoms with Crippen molar-refractivity contribution in [1.82, 2.24) is 5.32 Å². The second kappa shape index (κ2) is 7.60. The van der Waals surface area contributed by atoms with E-state index in [2.05, 4.69) is 12.2 Å². The lowest BCUT2D eigenvalue weighted by Crippen LogP contribution is -2.42. The average Bonchev–Trinajstić information content (AvgIpc) is 2.49. The van der Waals surface area contributed by atoms with E-state index in [0.29, 0.717) is 6.04 Å². The largest absolute Gasteiger partial charge is 0.352 e. The topological polar surface area (TPSA) is 55.1 Å². The molecule has 3 nitrogen and oxygen atoms in total. The highest BCUT2D eigenvalue weighted by molar-refractivity contribution is 5.83. The second-order valence-electron chi connectivity index (χ2n) is 6.40. The van der Waals surface area contributed by atoms with Crippen molar-refractivity contribution < 1.29 is 4.79 Å². The molecule has 3 N–H and O–H groups in total. The van der Waals surface area contributed by atoms with E-state index in [1.165, 1.54) is 31.2 Å². The molecule has 0 aliphatic heterocycles. The zero-order chi connectivity index (χ0) is 15.2. The van der Waals surface area contributed by atoms with Gasteiger partial charge < -0.3 is 11.1 Å². The first kappa shape index (κ1) is 16.0. The number of nitrogens with one attached hydrogen (secondary N) is 1. The molecule has 1 unspecified atom stereocenters. The Kier molecular flexibility index (Phi) is 5.80. The van der Waals surface area contributed by atoms with Gasteiger partial charge in [-0.2, -0.15) is 0 Å². The molecule has 3 heteroatoms. The monoisotopic (exact) mass is 288 g/mol. The molecule has 1 aliphatic rings. The van der Waals surface area contributed by atoms with E-state index in [1.54, 1.807) is 0 Å². The Labute approximate surface area is 128 Å². The van der Waals surface area contributed by atoms with Gasteiger partial charge in [-0.15, -0.1) is 0 Å². The van der Waals surface area contributed by atoms with Gasteiger partial charge in [0.25, 0.3) is 0 Å². The summed E-state index contributed by atoms with van der Waals surface area (Å²) in [5, 5.41) is 3.13. The van der Waals surface area contributed by atoms with Crippen LogP contribution in [0.5, 0.6) is 0 Å². The Balaban J connectivity index is 1.83. The molecule has 0 spiro atoms. The van der Waals surface area contributed by atoms with Gasteiger partial charge in [-0.1, -0.05) is 49.6 Å². The highest BCUT2D eigenvalue weighted by atomic mass is 16.2. The van der Waals surface area contributed by atoms with Gasteiger partial charge in [0.1, 0.15) is 6.04 Å². The first-order valence-electron chi connectivity index (χ1n) is 8.22. The Morgan fingerprint density at radius 3 is 2.43 bits per heavy atom. The minimum Gasteiger partial charge on any atom is -0.352 e. The molecular formula is C18H28N2O. The number of hydrogen-bond donors (Lipinski definition) is 2. The van der Waals surface area contributed by atoms with Gasteiger partial charge in [-0.05, 0) is 44.1 Å². The van der Waals surface area contributed by atoms with E-state index in [0.717, 1.165) is 24.3 Å². The number of carbonyl (C=O) groups is 1. The van der Waals surface area contributed by atoms with Crippen molar-refractivity contribution in [2.75, 3.05) is 0 Å². The van der Waals surface area contributed by atoms with Crippen LogP contribution in [0.2, 0.25) is 0 Å². The van der Waals surface area contributed by atoms with Crippen molar-refractivity contribution in [2.45, 2.75) is 64.5 Å². The molecule has 0 bridgehead atoms. The number of carbonyl (C=O) groups excluding carboxylic acids is 1. The molecule has 1 amide bonds. The number of rotatable bonds is 5. The van der Waals surface area contributed by atoms with Crippen molar-refractivity contribution in [3.63, 3.8) is 0 Å². The third-order valence-electron chi connectivity index (χ3n) is 4.61. The highest BCUT2D eigenvalue weighted by Crippen LogP contribution is 2.28. The number of hydrogen-bond acceptors (Lipinski definition) is 2. The van der Waals surface area contributed by atoms with Gasteiger partial charge >= 0.3 is 0 Å². The summed E-state index contributed by atoms with van der Waals surface area (Å²) in [6.45, 7) is 4.28. The van der Waals surface area contributed by atoms with Crippen molar-refractivity contribution in [3.05, 3.63) is 35.4 Å². The van der Waals surface area contributed by atoms with Gasteiger partial charge in [0.05, 0.1) is 0 Å². The quantitative estimate of drug-likeness (QED) is 0.871. The van der Waals surface area contributed by atoms with Crippen molar-refractivity contribution in [1.29, 1.82) is 0 Å². The lowest BCUT2D eigenvalue weighted by molar-refractivity contribution is -0.123. The van der Waals surface area contributed by atoms with Gasteiger partial charge in [0.2, 0.25) is 5.91 Å². The van der Waals surface area contributed by atoms with Crippen molar-refractivity contribution in [2.24, 2.45) is 11.7 Å². The third kappa shape index (κ3) is 4.57. The molecular weight excluding hydrogens is 260 g/mol. The summed E-state index contributed by atoms with van der Waals surface area (Å²) in [5.74, 6) is 0.812. The number of nitrogens with two attached hydrogens (primary N) is 1. The van der Waals surface area contributed by atoms with E-state index in [4.69, 9.17) is 5.73 Å². The smallest absolute Gasteiger partial charge is 0.241 e. The van der Waals surface area contributed by atoms with Gasteiger partial charge in [0.15, 0.2) is 0 Å². The number of amides is 1. The molecule has 1 aromatic rings. The van der Waals surface area contributed by atoms with Crippen LogP contribution in [0.25, 0.3) is 0 Å². The standard InChI is InChI=1S/C18H28N2O/c1-3-4-14-7-11-16(12-8-14)20-18(21)17(19)15-9-5-13(2)6-10-15/h5-6,9-10,14,16-17H,3-4,7-8,11-12,19H2,1-2H3,(H,20,21). The molecule has 116 valence electrons. The maximum absolute atomic E-state index is 12.3. The summed E-state index contributed by atoms with van der Waals surface area (Å²) in [6, 6.07) is 7.63. The maximum Gasteiger partial charge on any atom is 0.241 e. The minimum absolute atomic E-state index is 0.0437. The van der Waals surface area contributed by atoms with Crippen molar-refractivity contribution >= 4 is 5.91 Å². The van der Waals surface area contributed by atoms with E-state index in [1.807, 2.05) is 31.2 Å². The maximum atomic E-state index is 12.3. The van der Waals surface area contributed by atoms with E-state index in [9.17, 15) is 4.79 Å². The summed E-state index contributed by atoms with van der Waals surface area (Å²) in [5.41, 5.74) is 8.14. The zero-order valence-corrected chi connectivity index (χ0v) is 13.3.